The van der Waals surface area contributed by atoms with E-state index in [1.165, 1.54) is 0 Å². The molecule has 0 N–H and O–H groups in total. The standard InChI is InChI=1S/C16H22N4O/c1-18(2)7-8-19-9-11-20(12-10-19)16(21)15-5-3-14(13-17)4-6-15/h3-6H,7-12H2,1-2H3. The molecule has 1 aromatic carbocycles. The highest BCUT2D eigenvalue weighted by molar-refractivity contribution is 5.94. The highest BCUT2D eigenvalue weighted by atomic mass is 16.2. The summed E-state index contributed by atoms with van der Waals surface area (Å²) in [7, 11) is 4.15. The molecular weight excluding hydrogens is 264 g/mol. The summed E-state index contributed by atoms with van der Waals surface area (Å²) in [6.45, 7) is 5.49. The van der Waals surface area contributed by atoms with Gasteiger partial charge in [0.1, 0.15) is 0 Å². The Morgan fingerprint density at radius 3 is 2.33 bits per heavy atom. The Balaban J connectivity index is 1.86. The maximum Gasteiger partial charge on any atom is 0.253 e. The van der Waals surface area contributed by atoms with Gasteiger partial charge in [-0.1, -0.05) is 0 Å². The van der Waals surface area contributed by atoms with Crippen LogP contribution in [0.25, 0.3) is 0 Å². The Kier molecular flexibility index (Phi) is 5.32. The van der Waals surface area contributed by atoms with E-state index in [0.29, 0.717) is 11.1 Å². The van der Waals surface area contributed by atoms with Gasteiger partial charge in [-0.05, 0) is 38.4 Å². The third kappa shape index (κ3) is 4.28. The van der Waals surface area contributed by atoms with E-state index < -0.39 is 0 Å². The lowest BCUT2D eigenvalue weighted by Gasteiger charge is -2.35. The van der Waals surface area contributed by atoms with Gasteiger partial charge in [0.25, 0.3) is 5.91 Å². The molecule has 2 rings (SSSR count). The molecule has 1 heterocycles. The molecule has 0 unspecified atom stereocenters. The molecule has 0 atom stereocenters. The molecule has 0 radical (unpaired) electrons. The summed E-state index contributed by atoms with van der Waals surface area (Å²) in [5, 5.41) is 8.78. The molecule has 0 aromatic heterocycles. The molecule has 1 aromatic rings. The summed E-state index contributed by atoms with van der Waals surface area (Å²) in [5.74, 6) is 0.0618. The molecule has 112 valence electrons. The number of hydrogen-bond acceptors (Lipinski definition) is 4. The van der Waals surface area contributed by atoms with E-state index in [4.69, 9.17) is 5.26 Å². The van der Waals surface area contributed by atoms with Crippen molar-refractivity contribution in [3.8, 4) is 6.07 Å². The van der Waals surface area contributed by atoms with Crippen molar-refractivity contribution >= 4 is 5.91 Å². The molecular formula is C16H22N4O. The van der Waals surface area contributed by atoms with Crippen LogP contribution in [0.15, 0.2) is 24.3 Å². The number of rotatable bonds is 4. The van der Waals surface area contributed by atoms with Crippen molar-refractivity contribution in [3.63, 3.8) is 0 Å². The fraction of sp³-hybridized carbons (Fsp3) is 0.500. The van der Waals surface area contributed by atoms with Crippen molar-refractivity contribution < 1.29 is 4.79 Å². The predicted molar refractivity (Wildman–Crippen MR) is 82.1 cm³/mol. The summed E-state index contributed by atoms with van der Waals surface area (Å²) in [5.41, 5.74) is 1.25. The van der Waals surface area contributed by atoms with Gasteiger partial charge in [0.2, 0.25) is 0 Å². The summed E-state index contributed by atoms with van der Waals surface area (Å²) >= 11 is 0. The minimum Gasteiger partial charge on any atom is -0.336 e. The zero-order valence-electron chi connectivity index (χ0n) is 12.7. The minimum absolute atomic E-state index is 0.0618. The highest BCUT2D eigenvalue weighted by Gasteiger charge is 2.21. The van der Waals surface area contributed by atoms with Gasteiger partial charge < -0.3 is 9.80 Å². The van der Waals surface area contributed by atoms with Crippen LogP contribution in [0.4, 0.5) is 0 Å². The van der Waals surface area contributed by atoms with Gasteiger partial charge in [0, 0.05) is 44.8 Å². The van der Waals surface area contributed by atoms with Gasteiger partial charge in [-0.3, -0.25) is 9.69 Å². The van der Waals surface area contributed by atoms with Crippen LogP contribution in [0, 0.1) is 11.3 Å². The van der Waals surface area contributed by atoms with E-state index in [1.54, 1.807) is 24.3 Å². The maximum atomic E-state index is 12.4. The van der Waals surface area contributed by atoms with Crippen molar-refractivity contribution in [2.75, 3.05) is 53.4 Å². The van der Waals surface area contributed by atoms with Gasteiger partial charge in [0.05, 0.1) is 11.6 Å². The summed E-state index contributed by atoms with van der Waals surface area (Å²) < 4.78 is 0. The van der Waals surface area contributed by atoms with Crippen LogP contribution in [0.1, 0.15) is 15.9 Å². The van der Waals surface area contributed by atoms with Crippen molar-refractivity contribution in [3.05, 3.63) is 35.4 Å². The quantitative estimate of drug-likeness (QED) is 0.824. The van der Waals surface area contributed by atoms with E-state index >= 15 is 0 Å². The van der Waals surface area contributed by atoms with Gasteiger partial charge in [-0.15, -0.1) is 0 Å². The second kappa shape index (κ2) is 7.21. The number of carbonyl (C=O) groups excluding carboxylic acids is 1. The van der Waals surface area contributed by atoms with Crippen molar-refractivity contribution in [1.29, 1.82) is 5.26 Å². The zero-order chi connectivity index (χ0) is 15.2. The fourth-order valence-corrected chi connectivity index (χ4v) is 2.39. The zero-order valence-corrected chi connectivity index (χ0v) is 12.7. The number of amides is 1. The van der Waals surface area contributed by atoms with E-state index in [-0.39, 0.29) is 5.91 Å². The minimum atomic E-state index is 0.0618. The highest BCUT2D eigenvalue weighted by Crippen LogP contribution is 2.10. The summed E-state index contributed by atoms with van der Waals surface area (Å²) in [4.78, 5) is 18.9. The van der Waals surface area contributed by atoms with Crippen LogP contribution >= 0.6 is 0 Å². The van der Waals surface area contributed by atoms with Gasteiger partial charge >= 0.3 is 0 Å². The lowest BCUT2D eigenvalue weighted by Crippen LogP contribution is -2.49. The molecule has 0 spiro atoms. The molecule has 1 fully saturated rings. The average molecular weight is 286 g/mol. The first-order valence-electron chi connectivity index (χ1n) is 7.26. The van der Waals surface area contributed by atoms with Gasteiger partial charge in [0.15, 0.2) is 0 Å². The van der Waals surface area contributed by atoms with Gasteiger partial charge in [-0.25, -0.2) is 0 Å². The smallest absolute Gasteiger partial charge is 0.253 e. The van der Waals surface area contributed by atoms with E-state index in [2.05, 4.69) is 30.0 Å². The number of likely N-dealkylation sites (N-methyl/N-ethyl adjacent to an activating group) is 1. The topological polar surface area (TPSA) is 50.6 Å². The number of nitrogens with zero attached hydrogens (tertiary/aromatic N) is 4. The Hall–Kier alpha value is -1.90. The van der Waals surface area contributed by atoms with E-state index in [1.807, 2.05) is 4.90 Å². The molecule has 1 amide bonds. The Morgan fingerprint density at radius 2 is 1.81 bits per heavy atom. The first-order valence-corrected chi connectivity index (χ1v) is 7.26. The maximum absolute atomic E-state index is 12.4. The number of piperazine rings is 1. The number of carbonyl (C=O) groups is 1. The molecule has 1 saturated heterocycles. The number of nitriles is 1. The Bertz CT molecular complexity index is 510. The average Bonchev–Trinajstić information content (AvgIpc) is 2.53. The second-order valence-electron chi connectivity index (χ2n) is 5.63. The third-order valence-electron chi connectivity index (χ3n) is 3.78. The molecule has 0 saturated carbocycles. The first-order chi connectivity index (χ1) is 10.1. The Labute approximate surface area is 126 Å². The SMILES string of the molecule is CN(C)CCN1CCN(C(=O)c2ccc(C#N)cc2)CC1. The molecule has 0 aliphatic carbocycles. The Morgan fingerprint density at radius 1 is 1.19 bits per heavy atom. The molecule has 1 aliphatic rings. The lowest BCUT2D eigenvalue weighted by atomic mass is 10.1. The fourth-order valence-electron chi connectivity index (χ4n) is 2.39. The first kappa shape index (κ1) is 15.5. The second-order valence-corrected chi connectivity index (χ2v) is 5.63. The largest absolute Gasteiger partial charge is 0.336 e. The van der Waals surface area contributed by atoms with E-state index in [9.17, 15) is 4.79 Å². The van der Waals surface area contributed by atoms with Crippen LogP contribution in [-0.2, 0) is 0 Å². The molecule has 5 nitrogen and oxygen atoms in total. The van der Waals surface area contributed by atoms with Crippen LogP contribution in [0.2, 0.25) is 0 Å². The van der Waals surface area contributed by atoms with Crippen LogP contribution < -0.4 is 0 Å². The van der Waals surface area contributed by atoms with Crippen molar-refractivity contribution in [2.45, 2.75) is 0 Å². The van der Waals surface area contributed by atoms with Crippen molar-refractivity contribution in [2.24, 2.45) is 0 Å². The number of benzene rings is 1. The molecule has 5 heteroatoms. The summed E-state index contributed by atoms with van der Waals surface area (Å²) in [6.07, 6.45) is 0. The molecule has 0 bridgehead atoms. The van der Waals surface area contributed by atoms with Crippen molar-refractivity contribution in [1.82, 2.24) is 14.7 Å². The predicted octanol–water partition coefficient (Wildman–Crippen LogP) is 0.878. The molecule has 21 heavy (non-hydrogen) atoms. The van der Waals surface area contributed by atoms with E-state index in [0.717, 1.165) is 39.3 Å². The third-order valence-corrected chi connectivity index (χ3v) is 3.78. The monoisotopic (exact) mass is 286 g/mol. The number of hydrogen-bond donors (Lipinski definition) is 0. The van der Waals surface area contributed by atoms with Gasteiger partial charge in [-0.2, -0.15) is 5.26 Å². The lowest BCUT2D eigenvalue weighted by molar-refractivity contribution is 0.0630. The van der Waals surface area contributed by atoms with Crippen LogP contribution in [-0.4, -0.2) is 74.0 Å². The molecule has 1 aliphatic heterocycles. The summed E-state index contributed by atoms with van der Waals surface area (Å²) in [6, 6.07) is 8.93. The normalized spacial score (nSPS) is 16.0. The van der Waals surface area contributed by atoms with Crippen LogP contribution in [0.3, 0.4) is 0 Å². The van der Waals surface area contributed by atoms with Crippen LogP contribution in [0.5, 0.6) is 0 Å².